The molecule has 176 valence electrons. The summed E-state index contributed by atoms with van der Waals surface area (Å²) in [5.74, 6) is -3.73. The van der Waals surface area contributed by atoms with E-state index in [0.29, 0.717) is 0 Å². The SMILES string of the molecule is COC[C@H](NC(=O)C(NC(=O)OCC1c2ccccc2-c2ccccc21)C(F)(F)F)C(=O)O. The van der Waals surface area contributed by atoms with E-state index in [1.165, 1.54) is 5.32 Å². The van der Waals surface area contributed by atoms with E-state index in [9.17, 15) is 27.6 Å². The maximum absolute atomic E-state index is 13.4. The van der Waals surface area contributed by atoms with Crippen LogP contribution in [0.3, 0.4) is 0 Å². The van der Waals surface area contributed by atoms with Crippen molar-refractivity contribution in [1.82, 2.24) is 10.6 Å². The number of carboxylic acid groups (broad SMARTS) is 1. The molecule has 1 aliphatic rings. The van der Waals surface area contributed by atoms with Crippen molar-refractivity contribution in [2.75, 3.05) is 20.3 Å². The molecule has 2 aromatic carbocycles. The van der Waals surface area contributed by atoms with Gasteiger partial charge in [0.1, 0.15) is 6.61 Å². The minimum absolute atomic E-state index is 0.256. The summed E-state index contributed by atoms with van der Waals surface area (Å²) in [5, 5.41) is 12.2. The van der Waals surface area contributed by atoms with Crippen LogP contribution in [0.15, 0.2) is 48.5 Å². The summed E-state index contributed by atoms with van der Waals surface area (Å²) in [6, 6.07) is 10.1. The summed E-state index contributed by atoms with van der Waals surface area (Å²) in [7, 11) is 1.12. The van der Waals surface area contributed by atoms with Gasteiger partial charge in [-0.05, 0) is 22.3 Å². The van der Waals surface area contributed by atoms with E-state index >= 15 is 0 Å². The van der Waals surface area contributed by atoms with Gasteiger partial charge in [-0.2, -0.15) is 13.2 Å². The fraction of sp³-hybridized carbons (Fsp3) is 0.318. The van der Waals surface area contributed by atoms with E-state index in [0.717, 1.165) is 29.4 Å². The number of carbonyl (C=O) groups excluding carboxylic acids is 2. The van der Waals surface area contributed by atoms with Crippen molar-refractivity contribution in [3.05, 3.63) is 59.7 Å². The molecule has 3 N–H and O–H groups in total. The first-order valence-corrected chi connectivity index (χ1v) is 9.83. The Morgan fingerprint density at radius 1 is 1.00 bits per heavy atom. The molecular formula is C22H21F3N2O6. The Hall–Kier alpha value is -3.60. The number of aliphatic carboxylic acids is 1. The number of alkyl halides is 3. The molecule has 11 heteroatoms. The molecule has 0 fully saturated rings. The van der Waals surface area contributed by atoms with Crippen molar-refractivity contribution in [3.63, 3.8) is 0 Å². The molecular weight excluding hydrogens is 445 g/mol. The number of carbonyl (C=O) groups is 3. The van der Waals surface area contributed by atoms with Gasteiger partial charge < -0.3 is 25.2 Å². The highest BCUT2D eigenvalue weighted by Gasteiger charge is 2.47. The number of halogens is 3. The van der Waals surface area contributed by atoms with Crippen LogP contribution in [0.4, 0.5) is 18.0 Å². The van der Waals surface area contributed by atoms with E-state index in [2.05, 4.69) is 4.74 Å². The third kappa shape index (κ3) is 5.43. The lowest BCUT2D eigenvalue weighted by atomic mass is 9.98. The van der Waals surface area contributed by atoms with Crippen molar-refractivity contribution in [2.24, 2.45) is 0 Å². The molecule has 0 bridgehead atoms. The first-order chi connectivity index (χ1) is 15.6. The summed E-state index contributed by atoms with van der Waals surface area (Å²) in [4.78, 5) is 35.3. The highest BCUT2D eigenvalue weighted by molar-refractivity contribution is 5.90. The van der Waals surface area contributed by atoms with Gasteiger partial charge in [-0.3, -0.25) is 4.79 Å². The normalized spacial score (nSPS) is 14.5. The van der Waals surface area contributed by atoms with Crippen molar-refractivity contribution >= 4 is 18.0 Å². The smallest absolute Gasteiger partial charge is 0.417 e. The molecule has 0 aliphatic heterocycles. The Morgan fingerprint density at radius 2 is 1.55 bits per heavy atom. The molecule has 2 aromatic rings. The Bertz CT molecular complexity index is 997. The third-order valence-electron chi connectivity index (χ3n) is 5.14. The standard InChI is InChI=1S/C22H21F3N2O6/c1-32-11-17(20(29)30)26-19(28)18(22(23,24)25)27-21(31)33-10-16-14-8-4-2-6-12(14)13-7-3-5-9-15(13)16/h2-9,16-18H,10-11H2,1H3,(H,26,28)(H,27,31)(H,29,30)/t17-,18?/m0/s1. The largest absolute Gasteiger partial charge is 0.480 e. The zero-order valence-corrected chi connectivity index (χ0v) is 17.4. The molecule has 0 saturated heterocycles. The number of methoxy groups -OCH3 is 1. The molecule has 2 atom stereocenters. The van der Waals surface area contributed by atoms with Gasteiger partial charge in [0.05, 0.1) is 6.61 Å². The Kier molecular flexibility index (Phi) is 7.22. The lowest BCUT2D eigenvalue weighted by Crippen LogP contribution is -2.58. The molecule has 0 radical (unpaired) electrons. The number of amides is 2. The third-order valence-corrected chi connectivity index (χ3v) is 5.14. The van der Waals surface area contributed by atoms with Gasteiger partial charge in [0.2, 0.25) is 6.04 Å². The number of hydrogen-bond acceptors (Lipinski definition) is 5. The first-order valence-electron chi connectivity index (χ1n) is 9.83. The highest BCUT2D eigenvalue weighted by Crippen LogP contribution is 2.44. The summed E-state index contributed by atoms with van der Waals surface area (Å²) in [6.07, 6.45) is -6.65. The van der Waals surface area contributed by atoms with Gasteiger partial charge >= 0.3 is 18.2 Å². The lowest BCUT2D eigenvalue weighted by molar-refractivity contribution is -0.169. The summed E-state index contributed by atoms with van der Waals surface area (Å²) < 4.78 is 49.8. The zero-order valence-electron chi connectivity index (χ0n) is 17.4. The Labute approximate surface area is 186 Å². The summed E-state index contributed by atoms with van der Waals surface area (Å²) in [6.45, 7) is -0.815. The number of fused-ring (bicyclic) bond motifs is 3. The molecule has 3 rings (SSSR count). The number of rotatable bonds is 8. The molecule has 0 aromatic heterocycles. The van der Waals surface area contributed by atoms with Crippen LogP contribution in [0.2, 0.25) is 0 Å². The van der Waals surface area contributed by atoms with Gasteiger partial charge in [0.25, 0.3) is 5.91 Å². The topological polar surface area (TPSA) is 114 Å². The molecule has 0 spiro atoms. The Balaban J connectivity index is 1.69. The maximum atomic E-state index is 13.4. The number of nitrogens with one attached hydrogen (secondary N) is 2. The number of hydrogen-bond donors (Lipinski definition) is 3. The molecule has 0 heterocycles. The molecule has 8 nitrogen and oxygen atoms in total. The van der Waals surface area contributed by atoms with E-state index < -0.39 is 42.8 Å². The van der Waals surface area contributed by atoms with E-state index in [1.807, 2.05) is 36.4 Å². The Morgan fingerprint density at radius 3 is 2.03 bits per heavy atom. The molecule has 2 amide bonds. The lowest BCUT2D eigenvalue weighted by Gasteiger charge is -2.23. The fourth-order valence-electron chi connectivity index (χ4n) is 3.65. The second-order valence-corrected chi connectivity index (χ2v) is 7.30. The number of ether oxygens (including phenoxy) is 2. The van der Waals surface area contributed by atoms with Crippen LogP contribution in [-0.2, 0) is 19.1 Å². The number of alkyl carbamates (subject to hydrolysis) is 1. The molecule has 1 unspecified atom stereocenters. The van der Waals surface area contributed by atoms with E-state index in [1.54, 1.807) is 17.4 Å². The zero-order chi connectivity index (χ0) is 24.2. The van der Waals surface area contributed by atoms with Crippen molar-refractivity contribution in [1.29, 1.82) is 0 Å². The minimum atomic E-state index is -5.19. The van der Waals surface area contributed by atoms with Crippen molar-refractivity contribution in [2.45, 2.75) is 24.2 Å². The van der Waals surface area contributed by atoms with Crippen LogP contribution >= 0.6 is 0 Å². The van der Waals surface area contributed by atoms with Gasteiger partial charge in [0.15, 0.2) is 6.04 Å². The quantitative estimate of drug-likeness (QED) is 0.551. The predicted molar refractivity (Wildman–Crippen MR) is 109 cm³/mol. The van der Waals surface area contributed by atoms with Gasteiger partial charge in [0, 0.05) is 13.0 Å². The highest BCUT2D eigenvalue weighted by atomic mass is 19.4. The van der Waals surface area contributed by atoms with Crippen LogP contribution in [0.5, 0.6) is 0 Å². The summed E-state index contributed by atoms with van der Waals surface area (Å²) in [5.41, 5.74) is 3.60. The molecule has 33 heavy (non-hydrogen) atoms. The summed E-state index contributed by atoms with van der Waals surface area (Å²) >= 11 is 0. The van der Waals surface area contributed by atoms with Gasteiger partial charge in [-0.25, -0.2) is 9.59 Å². The van der Waals surface area contributed by atoms with Crippen molar-refractivity contribution in [3.8, 4) is 11.1 Å². The predicted octanol–water partition coefficient (Wildman–Crippen LogP) is 2.67. The second kappa shape index (κ2) is 9.90. The average molecular weight is 466 g/mol. The van der Waals surface area contributed by atoms with Crippen LogP contribution in [0.25, 0.3) is 11.1 Å². The monoisotopic (exact) mass is 466 g/mol. The second-order valence-electron chi connectivity index (χ2n) is 7.30. The number of carboxylic acids is 1. The van der Waals surface area contributed by atoms with E-state index in [4.69, 9.17) is 9.84 Å². The molecule has 0 saturated carbocycles. The molecule has 1 aliphatic carbocycles. The average Bonchev–Trinajstić information content (AvgIpc) is 3.08. The van der Waals surface area contributed by atoms with Gasteiger partial charge in [-0.1, -0.05) is 48.5 Å². The van der Waals surface area contributed by atoms with Gasteiger partial charge in [-0.15, -0.1) is 0 Å². The van der Waals surface area contributed by atoms with Crippen molar-refractivity contribution < 1.29 is 42.1 Å². The first kappa shape index (κ1) is 24.1. The fourth-order valence-corrected chi connectivity index (χ4v) is 3.65. The maximum Gasteiger partial charge on any atom is 0.417 e. The number of benzene rings is 2. The van der Waals surface area contributed by atoms with Crippen LogP contribution in [-0.4, -0.2) is 61.7 Å². The minimum Gasteiger partial charge on any atom is -0.480 e. The van der Waals surface area contributed by atoms with Crippen LogP contribution in [0.1, 0.15) is 17.0 Å². The van der Waals surface area contributed by atoms with E-state index in [-0.39, 0.29) is 12.5 Å². The van der Waals surface area contributed by atoms with Crippen LogP contribution in [0, 0.1) is 0 Å². The van der Waals surface area contributed by atoms with Crippen LogP contribution < -0.4 is 10.6 Å².